The Hall–Kier alpha value is -1.31. The molecule has 6 nitrogen and oxygen atoms in total. The molecule has 1 aliphatic rings. The van der Waals surface area contributed by atoms with E-state index < -0.39 is 14.6 Å². The van der Waals surface area contributed by atoms with E-state index in [4.69, 9.17) is 4.74 Å². The van der Waals surface area contributed by atoms with Crippen LogP contribution in [-0.4, -0.2) is 51.6 Å². The molecule has 1 amide bonds. The fraction of sp³-hybridized carbons (Fsp3) is 0.588. The average Bonchev–Trinajstić information content (AvgIpc) is 2.54. The second-order valence-electron chi connectivity index (χ2n) is 6.45. The molecule has 0 aliphatic carbocycles. The molecule has 2 rings (SSSR count). The Balaban J connectivity index is 0.00000312. The Morgan fingerprint density at radius 3 is 2.56 bits per heavy atom. The molecule has 0 saturated carbocycles. The van der Waals surface area contributed by atoms with E-state index >= 15 is 0 Å². The molecule has 1 unspecified atom stereocenters. The van der Waals surface area contributed by atoms with Crippen LogP contribution in [0.4, 0.5) is 0 Å². The average molecular weight is 391 g/mol. The van der Waals surface area contributed by atoms with Crippen molar-refractivity contribution >= 4 is 28.2 Å². The predicted octanol–water partition coefficient (Wildman–Crippen LogP) is 1.33. The summed E-state index contributed by atoms with van der Waals surface area (Å²) < 4.78 is 28.4. The van der Waals surface area contributed by atoms with Crippen LogP contribution in [0, 0.1) is 0 Å². The second kappa shape index (κ2) is 8.87. The summed E-state index contributed by atoms with van der Waals surface area (Å²) in [6, 6.07) is 7.47. The van der Waals surface area contributed by atoms with Crippen molar-refractivity contribution in [3.8, 4) is 5.75 Å². The third-order valence-corrected chi connectivity index (χ3v) is 6.60. The maximum atomic E-state index is 12.7. The molecule has 142 valence electrons. The summed E-state index contributed by atoms with van der Waals surface area (Å²) in [4.78, 5) is 12.7. The van der Waals surface area contributed by atoms with Crippen molar-refractivity contribution in [1.82, 2.24) is 10.6 Å². The highest BCUT2D eigenvalue weighted by atomic mass is 35.5. The minimum Gasteiger partial charge on any atom is -0.497 e. The molecular weight excluding hydrogens is 364 g/mol. The number of sulfone groups is 1. The first kappa shape index (κ1) is 21.7. The molecule has 1 saturated heterocycles. The van der Waals surface area contributed by atoms with Gasteiger partial charge >= 0.3 is 0 Å². The van der Waals surface area contributed by atoms with Gasteiger partial charge in [0.15, 0.2) is 14.6 Å². The van der Waals surface area contributed by atoms with Crippen molar-refractivity contribution in [3.05, 3.63) is 29.8 Å². The van der Waals surface area contributed by atoms with Crippen LogP contribution in [0.5, 0.6) is 5.75 Å². The minimum atomic E-state index is -3.49. The molecule has 1 fully saturated rings. The lowest BCUT2D eigenvalue weighted by molar-refractivity contribution is -0.124. The molecule has 1 atom stereocenters. The highest BCUT2D eigenvalue weighted by molar-refractivity contribution is 7.92. The van der Waals surface area contributed by atoms with Crippen molar-refractivity contribution < 1.29 is 17.9 Å². The summed E-state index contributed by atoms with van der Waals surface area (Å²) in [7, 11) is -1.88. The number of halogens is 1. The number of methoxy groups -OCH3 is 1. The third kappa shape index (κ3) is 5.09. The summed E-state index contributed by atoms with van der Waals surface area (Å²) in [6.45, 7) is 2.95. The van der Waals surface area contributed by atoms with Crippen LogP contribution >= 0.6 is 12.4 Å². The normalized spacial score (nSPS) is 17.9. The van der Waals surface area contributed by atoms with E-state index in [0.717, 1.165) is 17.6 Å². The van der Waals surface area contributed by atoms with Gasteiger partial charge in [0.1, 0.15) is 5.75 Å². The van der Waals surface area contributed by atoms with Gasteiger partial charge in [-0.3, -0.25) is 4.79 Å². The van der Waals surface area contributed by atoms with Crippen molar-refractivity contribution in [2.24, 2.45) is 0 Å². The number of carbonyl (C=O) groups is 1. The molecule has 1 aromatic rings. The van der Waals surface area contributed by atoms with Gasteiger partial charge in [-0.05, 0) is 57.0 Å². The van der Waals surface area contributed by atoms with Gasteiger partial charge in [0.25, 0.3) is 0 Å². The summed E-state index contributed by atoms with van der Waals surface area (Å²) in [6.07, 6.45) is 2.39. The van der Waals surface area contributed by atoms with Gasteiger partial charge < -0.3 is 15.4 Å². The molecular formula is C17H27ClN2O4S. The molecule has 8 heteroatoms. The van der Waals surface area contributed by atoms with E-state index in [-0.39, 0.29) is 24.4 Å². The first-order chi connectivity index (χ1) is 11.3. The van der Waals surface area contributed by atoms with Crippen LogP contribution < -0.4 is 15.4 Å². The number of ether oxygens (including phenoxy) is 1. The quantitative estimate of drug-likeness (QED) is 0.765. The summed E-state index contributed by atoms with van der Waals surface area (Å²) in [5.41, 5.74) is 1.03. The van der Waals surface area contributed by atoms with Gasteiger partial charge in [-0.2, -0.15) is 0 Å². The Labute approximate surface area is 156 Å². The van der Waals surface area contributed by atoms with Gasteiger partial charge in [0.2, 0.25) is 5.91 Å². The number of hydrogen-bond donors (Lipinski definition) is 2. The summed E-state index contributed by atoms with van der Waals surface area (Å²) in [5.74, 6) is 0.374. The van der Waals surface area contributed by atoms with Gasteiger partial charge in [0, 0.05) is 12.3 Å². The van der Waals surface area contributed by atoms with Crippen molar-refractivity contribution in [2.45, 2.75) is 37.0 Å². The van der Waals surface area contributed by atoms with E-state index in [0.29, 0.717) is 32.4 Å². The van der Waals surface area contributed by atoms with Crippen molar-refractivity contribution in [3.63, 3.8) is 0 Å². The summed E-state index contributed by atoms with van der Waals surface area (Å²) in [5, 5.41) is 6.01. The molecule has 0 bridgehead atoms. The number of benzene rings is 1. The molecule has 0 spiro atoms. The monoisotopic (exact) mass is 390 g/mol. The highest BCUT2D eigenvalue weighted by Crippen LogP contribution is 2.28. The molecule has 25 heavy (non-hydrogen) atoms. The molecule has 0 radical (unpaired) electrons. The molecule has 1 heterocycles. The zero-order valence-corrected chi connectivity index (χ0v) is 16.5. The number of piperidine rings is 1. The van der Waals surface area contributed by atoms with Gasteiger partial charge in [0.05, 0.1) is 7.11 Å². The Morgan fingerprint density at radius 1 is 1.36 bits per heavy atom. The maximum Gasteiger partial charge on any atom is 0.241 e. The first-order valence-electron chi connectivity index (χ1n) is 8.13. The predicted molar refractivity (Wildman–Crippen MR) is 101 cm³/mol. The Bertz CT molecular complexity index is 688. The standard InChI is InChI=1S/C17H26N2O4S.ClH/c1-13(11-14-5-4-6-15(12-14)23-2)19-16(20)17(24(3,21)22)7-9-18-10-8-17;/h4-6,12-13,18H,7-11H2,1-3H3,(H,19,20);1H. The van der Waals surface area contributed by atoms with Gasteiger partial charge in [-0.25, -0.2) is 8.42 Å². The lowest BCUT2D eigenvalue weighted by Gasteiger charge is -2.35. The lowest BCUT2D eigenvalue weighted by Crippen LogP contribution is -2.58. The minimum absolute atomic E-state index is 0. The first-order valence-corrected chi connectivity index (χ1v) is 10.0. The number of amides is 1. The van der Waals surface area contributed by atoms with Gasteiger partial charge in [-0.1, -0.05) is 12.1 Å². The zero-order valence-electron chi connectivity index (χ0n) is 14.9. The smallest absolute Gasteiger partial charge is 0.241 e. The van der Waals surface area contributed by atoms with Crippen molar-refractivity contribution in [1.29, 1.82) is 0 Å². The second-order valence-corrected chi connectivity index (χ2v) is 8.77. The van der Waals surface area contributed by atoms with E-state index in [1.54, 1.807) is 7.11 Å². The van der Waals surface area contributed by atoms with Gasteiger partial charge in [-0.15, -0.1) is 12.4 Å². The van der Waals surface area contributed by atoms with E-state index in [2.05, 4.69) is 10.6 Å². The van der Waals surface area contributed by atoms with E-state index in [9.17, 15) is 13.2 Å². The number of hydrogen-bond acceptors (Lipinski definition) is 5. The lowest BCUT2D eigenvalue weighted by atomic mass is 9.95. The maximum absolute atomic E-state index is 12.7. The van der Waals surface area contributed by atoms with Crippen LogP contribution in [0.1, 0.15) is 25.3 Å². The van der Waals surface area contributed by atoms with Crippen LogP contribution in [0.2, 0.25) is 0 Å². The molecule has 0 aromatic heterocycles. The van der Waals surface area contributed by atoms with Crippen molar-refractivity contribution in [2.75, 3.05) is 26.5 Å². The molecule has 1 aromatic carbocycles. The Morgan fingerprint density at radius 2 is 2.00 bits per heavy atom. The number of nitrogens with one attached hydrogen (secondary N) is 2. The third-order valence-electron chi connectivity index (χ3n) is 4.59. The fourth-order valence-corrected chi connectivity index (χ4v) is 4.50. The molecule has 1 aliphatic heterocycles. The Kier molecular flexibility index (Phi) is 7.71. The summed E-state index contributed by atoms with van der Waals surface area (Å²) >= 11 is 0. The highest BCUT2D eigenvalue weighted by Gasteiger charge is 2.48. The van der Waals surface area contributed by atoms with Crippen LogP contribution in [0.3, 0.4) is 0 Å². The topological polar surface area (TPSA) is 84.5 Å². The SMILES string of the molecule is COc1cccc(CC(C)NC(=O)C2(S(C)(=O)=O)CCNCC2)c1.Cl. The fourth-order valence-electron chi connectivity index (χ4n) is 3.16. The van der Waals surface area contributed by atoms with E-state index in [1.807, 2.05) is 31.2 Å². The zero-order chi connectivity index (χ0) is 17.8. The molecule has 2 N–H and O–H groups in total. The van der Waals surface area contributed by atoms with Crippen LogP contribution in [-0.2, 0) is 21.1 Å². The largest absolute Gasteiger partial charge is 0.497 e. The number of rotatable bonds is 6. The number of carbonyl (C=O) groups excluding carboxylic acids is 1. The van der Waals surface area contributed by atoms with E-state index in [1.165, 1.54) is 0 Å². The van der Waals surface area contributed by atoms with Crippen LogP contribution in [0.25, 0.3) is 0 Å². The van der Waals surface area contributed by atoms with Crippen LogP contribution in [0.15, 0.2) is 24.3 Å².